The number of amides is 1. The van der Waals surface area contributed by atoms with Crippen LogP contribution in [-0.2, 0) is 14.6 Å². The summed E-state index contributed by atoms with van der Waals surface area (Å²) < 4.78 is 24.4. The van der Waals surface area contributed by atoms with Crippen molar-refractivity contribution < 1.29 is 13.2 Å². The first-order valence-electron chi connectivity index (χ1n) is 7.80. The van der Waals surface area contributed by atoms with E-state index in [4.69, 9.17) is 5.73 Å². The fraction of sp³-hybridized carbons (Fsp3) is 0.500. The highest BCUT2D eigenvalue weighted by atomic mass is 32.2. The Morgan fingerprint density at radius 1 is 1.30 bits per heavy atom. The van der Waals surface area contributed by atoms with Gasteiger partial charge in [-0.25, -0.2) is 8.42 Å². The topological polar surface area (TPSA) is 92.8 Å². The molecule has 0 heterocycles. The van der Waals surface area contributed by atoms with Gasteiger partial charge < -0.3 is 5.73 Å². The number of unbranched alkanes of at least 4 members (excludes halogenated alkanes) is 1. The number of hydrazone groups is 1. The van der Waals surface area contributed by atoms with E-state index in [2.05, 4.69) is 12.0 Å². The van der Waals surface area contributed by atoms with E-state index in [1.165, 1.54) is 12.1 Å². The molecular formula is C16H23N3O3S. The maximum Gasteiger partial charge on any atom is 0.269 e. The van der Waals surface area contributed by atoms with Crippen LogP contribution in [0.5, 0.6) is 0 Å². The molecule has 0 spiro atoms. The summed E-state index contributed by atoms with van der Waals surface area (Å²) in [5, 5.41) is 5.68. The molecule has 1 aliphatic rings. The minimum absolute atomic E-state index is 0.138. The van der Waals surface area contributed by atoms with Crippen molar-refractivity contribution in [3.63, 3.8) is 0 Å². The van der Waals surface area contributed by atoms with Crippen LogP contribution in [-0.4, -0.2) is 43.9 Å². The van der Waals surface area contributed by atoms with Crippen molar-refractivity contribution in [1.29, 1.82) is 0 Å². The van der Waals surface area contributed by atoms with Crippen molar-refractivity contribution in [2.75, 3.05) is 13.6 Å². The van der Waals surface area contributed by atoms with Crippen molar-refractivity contribution in [1.82, 2.24) is 5.01 Å². The Hall–Kier alpha value is -1.89. The summed E-state index contributed by atoms with van der Waals surface area (Å²) in [6.45, 7) is 2.80. The quantitative estimate of drug-likeness (QED) is 0.575. The molecule has 1 fully saturated rings. The molecule has 0 unspecified atom stereocenters. The number of carbonyl (C=O) groups is 1. The molecule has 1 aliphatic carbocycles. The van der Waals surface area contributed by atoms with Crippen LogP contribution < -0.4 is 5.73 Å². The summed E-state index contributed by atoms with van der Waals surface area (Å²) in [7, 11) is -1.45. The third-order valence-corrected chi connectivity index (χ3v) is 6.04. The zero-order chi connectivity index (χ0) is 17.0. The molecular weight excluding hydrogens is 314 g/mol. The van der Waals surface area contributed by atoms with Gasteiger partial charge in [-0.05, 0) is 31.4 Å². The van der Waals surface area contributed by atoms with Gasteiger partial charge in [-0.3, -0.25) is 9.80 Å². The van der Waals surface area contributed by atoms with Gasteiger partial charge in [-0.2, -0.15) is 5.10 Å². The lowest BCUT2D eigenvalue weighted by atomic mass is 10.1. The fourth-order valence-corrected chi connectivity index (χ4v) is 3.89. The molecule has 6 nitrogen and oxygen atoms in total. The van der Waals surface area contributed by atoms with E-state index in [0.29, 0.717) is 5.56 Å². The second kappa shape index (κ2) is 7.12. The number of primary amides is 1. The van der Waals surface area contributed by atoms with E-state index in [-0.39, 0.29) is 15.9 Å². The standard InChI is InChI=1S/C16H23N3O3S/c1-3-4-11-19(2)18-15(16(17)20)12-5-7-13(8-6-12)23(21,22)14-9-10-14/h5-8,14H,3-4,9-11H2,1-2H3,(H2,17,20)/b18-15+. The largest absolute Gasteiger partial charge is 0.364 e. The number of rotatable bonds is 8. The van der Waals surface area contributed by atoms with Crippen LogP contribution in [0.3, 0.4) is 0 Å². The Morgan fingerprint density at radius 3 is 2.39 bits per heavy atom. The third kappa shape index (κ3) is 4.31. The summed E-state index contributed by atoms with van der Waals surface area (Å²) in [6.07, 6.45) is 3.44. The van der Waals surface area contributed by atoms with E-state index >= 15 is 0 Å². The average molecular weight is 337 g/mol. The fourth-order valence-electron chi connectivity index (χ4n) is 2.23. The van der Waals surface area contributed by atoms with Crippen LogP contribution in [0.1, 0.15) is 38.2 Å². The second-order valence-corrected chi connectivity index (χ2v) is 8.04. The summed E-state index contributed by atoms with van der Waals surface area (Å²) in [5.41, 5.74) is 6.07. The molecule has 1 aromatic carbocycles. The van der Waals surface area contributed by atoms with Crippen LogP contribution >= 0.6 is 0 Å². The number of benzene rings is 1. The zero-order valence-corrected chi connectivity index (χ0v) is 14.3. The van der Waals surface area contributed by atoms with Crippen LogP contribution in [0, 0.1) is 0 Å². The molecule has 2 N–H and O–H groups in total. The van der Waals surface area contributed by atoms with Gasteiger partial charge in [-0.1, -0.05) is 25.5 Å². The number of hydrogen-bond donors (Lipinski definition) is 1. The summed E-state index contributed by atoms with van der Waals surface area (Å²) >= 11 is 0. The Morgan fingerprint density at radius 2 is 1.91 bits per heavy atom. The Balaban J connectivity index is 2.23. The van der Waals surface area contributed by atoms with Crippen LogP contribution in [0.2, 0.25) is 0 Å². The smallest absolute Gasteiger partial charge is 0.269 e. The normalized spacial score (nSPS) is 15.5. The van der Waals surface area contributed by atoms with Gasteiger partial charge in [-0.15, -0.1) is 0 Å². The third-order valence-electron chi connectivity index (χ3n) is 3.76. The summed E-state index contributed by atoms with van der Waals surface area (Å²) in [4.78, 5) is 11.9. The second-order valence-electron chi connectivity index (χ2n) is 5.82. The highest BCUT2D eigenvalue weighted by Crippen LogP contribution is 2.33. The molecule has 23 heavy (non-hydrogen) atoms. The van der Waals surface area contributed by atoms with Gasteiger partial charge >= 0.3 is 0 Å². The molecule has 0 atom stereocenters. The minimum Gasteiger partial charge on any atom is -0.364 e. The van der Waals surface area contributed by atoms with Crippen molar-refractivity contribution in [3.8, 4) is 0 Å². The van der Waals surface area contributed by atoms with E-state index in [9.17, 15) is 13.2 Å². The minimum atomic E-state index is -3.23. The highest BCUT2D eigenvalue weighted by Gasteiger charge is 2.36. The average Bonchev–Trinajstić information content (AvgIpc) is 3.35. The molecule has 0 aliphatic heterocycles. The van der Waals surface area contributed by atoms with E-state index in [1.54, 1.807) is 24.2 Å². The van der Waals surface area contributed by atoms with Crippen molar-refractivity contribution in [3.05, 3.63) is 29.8 Å². The van der Waals surface area contributed by atoms with E-state index in [1.807, 2.05) is 0 Å². The Bertz CT molecular complexity index is 692. The molecule has 0 aromatic heterocycles. The van der Waals surface area contributed by atoms with Crippen molar-refractivity contribution >= 4 is 21.5 Å². The molecule has 0 radical (unpaired) electrons. The maximum atomic E-state index is 12.2. The molecule has 1 amide bonds. The number of hydrogen-bond acceptors (Lipinski definition) is 5. The van der Waals surface area contributed by atoms with Crippen LogP contribution in [0.15, 0.2) is 34.3 Å². The first-order valence-corrected chi connectivity index (χ1v) is 9.34. The molecule has 1 saturated carbocycles. The molecule has 1 aromatic rings. The number of nitrogens with zero attached hydrogens (tertiary/aromatic N) is 2. The molecule has 0 bridgehead atoms. The van der Waals surface area contributed by atoms with Gasteiger partial charge in [0.1, 0.15) is 0 Å². The monoisotopic (exact) mass is 337 g/mol. The van der Waals surface area contributed by atoms with Gasteiger partial charge in [0.15, 0.2) is 15.5 Å². The van der Waals surface area contributed by atoms with Gasteiger partial charge in [0.25, 0.3) is 5.91 Å². The number of carbonyl (C=O) groups excluding carboxylic acids is 1. The zero-order valence-electron chi connectivity index (χ0n) is 13.5. The van der Waals surface area contributed by atoms with Crippen LogP contribution in [0.25, 0.3) is 0 Å². The number of sulfone groups is 1. The van der Waals surface area contributed by atoms with Crippen molar-refractivity contribution in [2.45, 2.75) is 42.8 Å². The van der Waals surface area contributed by atoms with Crippen molar-refractivity contribution in [2.24, 2.45) is 10.8 Å². The Kier molecular flexibility index (Phi) is 5.41. The van der Waals surface area contributed by atoms with E-state index in [0.717, 1.165) is 32.2 Å². The van der Waals surface area contributed by atoms with Gasteiger partial charge in [0.2, 0.25) is 0 Å². The highest BCUT2D eigenvalue weighted by molar-refractivity contribution is 7.92. The predicted octanol–water partition coefficient (Wildman–Crippen LogP) is 1.54. The maximum absolute atomic E-state index is 12.2. The molecule has 2 rings (SSSR count). The number of nitrogens with two attached hydrogens (primary N) is 1. The van der Waals surface area contributed by atoms with Gasteiger partial charge in [0.05, 0.1) is 10.1 Å². The first kappa shape index (κ1) is 17.5. The van der Waals surface area contributed by atoms with Gasteiger partial charge in [0, 0.05) is 19.2 Å². The SMILES string of the molecule is CCCCN(C)/N=C(/C(N)=O)c1ccc(S(=O)(=O)C2CC2)cc1. The first-order chi connectivity index (χ1) is 10.9. The molecule has 0 saturated heterocycles. The predicted molar refractivity (Wildman–Crippen MR) is 89.9 cm³/mol. The summed E-state index contributed by atoms with van der Waals surface area (Å²) in [5.74, 6) is -0.633. The lowest BCUT2D eigenvalue weighted by Gasteiger charge is -2.14. The lowest BCUT2D eigenvalue weighted by molar-refractivity contribution is -0.112. The molecule has 7 heteroatoms. The lowest BCUT2D eigenvalue weighted by Crippen LogP contribution is -2.28. The summed E-state index contributed by atoms with van der Waals surface area (Å²) in [6, 6.07) is 6.22. The Labute approximate surface area is 137 Å². The van der Waals surface area contributed by atoms with Crippen LogP contribution in [0.4, 0.5) is 0 Å². The molecule has 126 valence electrons. The van der Waals surface area contributed by atoms with E-state index < -0.39 is 15.7 Å².